The van der Waals surface area contributed by atoms with Crippen LogP contribution in [-0.2, 0) is 0 Å². The van der Waals surface area contributed by atoms with E-state index in [9.17, 15) is 9.59 Å². The second-order valence-electron chi connectivity index (χ2n) is 4.05. The third-order valence-corrected chi connectivity index (χ3v) is 4.36. The molecule has 4 N–H and O–H groups in total. The summed E-state index contributed by atoms with van der Waals surface area (Å²) in [5.41, 5.74) is 5.22. The van der Waals surface area contributed by atoms with E-state index < -0.39 is 6.03 Å². The Hall–Kier alpha value is -1.81. The molecule has 0 fully saturated rings. The summed E-state index contributed by atoms with van der Waals surface area (Å²) < 4.78 is 5.61. The predicted octanol–water partition coefficient (Wildman–Crippen LogP) is 2.76. The number of thiophene rings is 2. The van der Waals surface area contributed by atoms with Gasteiger partial charge in [0.1, 0.15) is 0 Å². The number of hydroxylamine groups is 2. The molecule has 0 saturated carbocycles. The molecular weight excluding hydrogens is 350 g/mol. The smallest absolute Gasteiger partial charge is 0.338 e. The Labute approximate surface area is 138 Å². The van der Waals surface area contributed by atoms with Crippen LogP contribution in [0.4, 0.5) is 4.79 Å². The van der Waals surface area contributed by atoms with Gasteiger partial charge in [0.2, 0.25) is 0 Å². The van der Waals surface area contributed by atoms with Crippen molar-refractivity contribution in [3.63, 3.8) is 0 Å². The van der Waals surface area contributed by atoms with Gasteiger partial charge in [-0.05, 0) is 0 Å². The van der Waals surface area contributed by atoms with E-state index in [0.717, 1.165) is 0 Å². The number of rotatable bonds is 6. The third-order valence-electron chi connectivity index (χ3n) is 2.49. The molecule has 3 amide bonds. The Kier molecular flexibility index (Phi) is 5.61. The molecule has 0 spiro atoms. The van der Waals surface area contributed by atoms with Crippen LogP contribution >= 0.6 is 34.3 Å². The summed E-state index contributed by atoms with van der Waals surface area (Å²) in [4.78, 5) is 22.7. The molecule has 0 bridgehead atoms. The monoisotopic (exact) mass is 361 g/mol. The number of carbonyl (C=O) groups excluding carboxylic acids is 2. The van der Waals surface area contributed by atoms with Crippen molar-refractivity contribution in [2.45, 2.75) is 0 Å². The summed E-state index contributed by atoms with van der Waals surface area (Å²) in [7, 11) is 0. The fraction of sp³-hybridized carbons (Fsp3) is 0.167. The number of primary amides is 1. The van der Waals surface area contributed by atoms with Crippen LogP contribution < -0.4 is 15.8 Å². The second kappa shape index (κ2) is 7.45. The zero-order valence-corrected chi connectivity index (χ0v) is 13.5. The molecule has 0 aromatic carbocycles. The number of nitrogens with zero attached hydrogens (tertiary/aromatic N) is 1. The molecule has 0 unspecified atom stereocenters. The van der Waals surface area contributed by atoms with E-state index in [-0.39, 0.29) is 19.0 Å². The maximum atomic E-state index is 12.0. The maximum absolute atomic E-state index is 12.0. The van der Waals surface area contributed by atoms with Crippen molar-refractivity contribution >= 4 is 46.2 Å². The zero-order chi connectivity index (χ0) is 16.1. The first-order chi connectivity index (χ1) is 10.5. The van der Waals surface area contributed by atoms with E-state index >= 15 is 0 Å². The van der Waals surface area contributed by atoms with Gasteiger partial charge in [-0.15, -0.1) is 22.7 Å². The quantitative estimate of drug-likeness (QED) is 0.543. The number of hydrogen-bond acceptors (Lipinski definition) is 6. The number of urea groups is 1. The van der Waals surface area contributed by atoms with E-state index in [1.54, 1.807) is 22.2 Å². The highest BCUT2D eigenvalue weighted by molar-refractivity contribution is 7.12. The summed E-state index contributed by atoms with van der Waals surface area (Å²) in [6.07, 6.45) is 0. The van der Waals surface area contributed by atoms with Crippen LogP contribution in [0.1, 0.15) is 10.4 Å². The van der Waals surface area contributed by atoms with Gasteiger partial charge in [-0.1, -0.05) is 11.6 Å². The summed E-state index contributed by atoms with van der Waals surface area (Å²) in [5, 5.41) is 18.2. The van der Waals surface area contributed by atoms with Crippen molar-refractivity contribution in [1.82, 2.24) is 10.4 Å². The minimum absolute atomic E-state index is 0.0540. The molecule has 0 saturated heterocycles. The molecule has 7 nitrogen and oxygen atoms in total. The van der Waals surface area contributed by atoms with Gasteiger partial charge in [-0.25, -0.2) is 9.86 Å². The summed E-state index contributed by atoms with van der Waals surface area (Å²) in [6.45, 7) is -0.0552. The molecule has 0 atom stereocenters. The zero-order valence-electron chi connectivity index (χ0n) is 11.1. The van der Waals surface area contributed by atoms with Gasteiger partial charge in [0.25, 0.3) is 5.91 Å². The summed E-state index contributed by atoms with van der Waals surface area (Å²) in [5.74, 6) is 0.0357. The molecule has 0 aliphatic carbocycles. The van der Waals surface area contributed by atoms with E-state index in [0.29, 0.717) is 26.5 Å². The SMILES string of the molecule is NC(=O)N(O)CCNC(=O)c1cscc1Oc1cc(Cl)cs1. The number of hydrogen-bond donors (Lipinski definition) is 3. The highest BCUT2D eigenvalue weighted by Crippen LogP contribution is 2.34. The van der Waals surface area contributed by atoms with Crippen molar-refractivity contribution in [1.29, 1.82) is 0 Å². The lowest BCUT2D eigenvalue weighted by Crippen LogP contribution is -2.39. The molecule has 2 rings (SSSR count). The van der Waals surface area contributed by atoms with Crippen molar-refractivity contribution in [3.8, 4) is 10.8 Å². The number of ether oxygens (including phenoxy) is 1. The van der Waals surface area contributed by atoms with Crippen molar-refractivity contribution < 1.29 is 19.5 Å². The van der Waals surface area contributed by atoms with Crippen LogP contribution in [0.15, 0.2) is 22.2 Å². The standard InChI is InChI=1S/C12H12ClN3O4S2/c13-7-3-10(22-4-7)20-9-6-21-5-8(9)11(17)15-1-2-16(19)12(14)18/h3-6,19H,1-2H2,(H2,14,18)(H,15,17). The van der Waals surface area contributed by atoms with Gasteiger partial charge < -0.3 is 15.8 Å². The molecule has 10 heteroatoms. The first-order valence-electron chi connectivity index (χ1n) is 5.99. The second-order valence-corrected chi connectivity index (χ2v) is 6.11. The average molecular weight is 362 g/mol. The van der Waals surface area contributed by atoms with Gasteiger partial charge >= 0.3 is 6.03 Å². The van der Waals surface area contributed by atoms with Crippen molar-refractivity contribution in [2.24, 2.45) is 5.73 Å². The lowest BCUT2D eigenvalue weighted by molar-refractivity contribution is -0.0376. The van der Waals surface area contributed by atoms with E-state index in [1.165, 1.54) is 22.7 Å². The van der Waals surface area contributed by atoms with Crippen molar-refractivity contribution in [2.75, 3.05) is 13.1 Å². The minimum Gasteiger partial charge on any atom is -0.445 e. The Bertz CT molecular complexity index is 673. The van der Waals surface area contributed by atoms with Gasteiger partial charge in [-0.3, -0.25) is 10.0 Å². The molecule has 0 radical (unpaired) electrons. The molecule has 0 aliphatic heterocycles. The molecule has 2 aromatic heterocycles. The van der Waals surface area contributed by atoms with Crippen LogP contribution in [0, 0.1) is 0 Å². The highest BCUT2D eigenvalue weighted by Gasteiger charge is 2.15. The Balaban J connectivity index is 1.93. The van der Waals surface area contributed by atoms with Gasteiger partial charge in [0, 0.05) is 28.8 Å². The fourth-order valence-electron chi connectivity index (χ4n) is 1.47. The third kappa shape index (κ3) is 4.34. The molecular formula is C12H12ClN3O4S2. The van der Waals surface area contributed by atoms with E-state index in [2.05, 4.69) is 5.32 Å². The molecule has 22 heavy (non-hydrogen) atoms. The van der Waals surface area contributed by atoms with Crippen LogP contribution in [0.5, 0.6) is 10.8 Å². The Morgan fingerprint density at radius 1 is 1.41 bits per heavy atom. The molecule has 2 heterocycles. The van der Waals surface area contributed by atoms with Gasteiger partial charge in [0.05, 0.1) is 17.1 Å². The highest BCUT2D eigenvalue weighted by atomic mass is 35.5. The first-order valence-corrected chi connectivity index (χ1v) is 8.19. The minimum atomic E-state index is -0.983. The van der Waals surface area contributed by atoms with Crippen LogP contribution in [0.2, 0.25) is 5.02 Å². The first kappa shape index (κ1) is 16.6. The van der Waals surface area contributed by atoms with Crippen LogP contribution in [0.3, 0.4) is 0 Å². The van der Waals surface area contributed by atoms with Crippen LogP contribution in [-0.4, -0.2) is 35.3 Å². The number of halogens is 1. The lowest BCUT2D eigenvalue weighted by Gasteiger charge is -2.12. The fourth-order valence-corrected chi connectivity index (χ4v) is 3.12. The summed E-state index contributed by atoms with van der Waals surface area (Å²) >= 11 is 8.45. The van der Waals surface area contributed by atoms with E-state index in [4.69, 9.17) is 27.3 Å². The summed E-state index contributed by atoms with van der Waals surface area (Å²) in [6, 6.07) is 0.672. The number of nitrogens with one attached hydrogen (secondary N) is 1. The molecule has 118 valence electrons. The predicted molar refractivity (Wildman–Crippen MR) is 84.1 cm³/mol. The van der Waals surface area contributed by atoms with Gasteiger partial charge in [0.15, 0.2) is 10.8 Å². The Morgan fingerprint density at radius 2 is 2.18 bits per heavy atom. The van der Waals surface area contributed by atoms with Crippen LogP contribution in [0.25, 0.3) is 0 Å². The number of carbonyl (C=O) groups is 2. The van der Waals surface area contributed by atoms with Gasteiger partial charge in [-0.2, -0.15) is 0 Å². The van der Waals surface area contributed by atoms with Crippen molar-refractivity contribution in [3.05, 3.63) is 32.8 Å². The average Bonchev–Trinajstić information content (AvgIpc) is 3.08. The molecule has 0 aliphatic rings. The topological polar surface area (TPSA) is 105 Å². The Morgan fingerprint density at radius 3 is 2.82 bits per heavy atom. The molecule has 2 aromatic rings. The number of amides is 3. The largest absolute Gasteiger partial charge is 0.445 e. The number of nitrogens with two attached hydrogens (primary N) is 1. The lowest BCUT2D eigenvalue weighted by atomic mass is 10.3. The maximum Gasteiger partial charge on any atom is 0.338 e. The normalized spacial score (nSPS) is 10.3. The van der Waals surface area contributed by atoms with E-state index in [1.807, 2.05) is 0 Å².